The van der Waals surface area contributed by atoms with Gasteiger partial charge in [-0.2, -0.15) is 4.83 Å². The van der Waals surface area contributed by atoms with Crippen molar-refractivity contribution in [3.63, 3.8) is 0 Å². The molecule has 0 spiro atoms. The molecule has 0 aliphatic rings. The van der Waals surface area contributed by atoms with Gasteiger partial charge >= 0.3 is 0 Å². The summed E-state index contributed by atoms with van der Waals surface area (Å²) in [5.41, 5.74) is 0.207. The number of anilines is 1. The SMILES string of the molecule is CCCCCCCCCCCCS(=O)(=O)Nc1cccc(S(=O)(=O)NN)c1. The smallest absolute Gasteiger partial charge is 0.253 e. The maximum Gasteiger partial charge on any atom is 0.253 e. The first kappa shape index (κ1) is 23.9. The van der Waals surface area contributed by atoms with Gasteiger partial charge in [-0.25, -0.2) is 16.8 Å². The number of hydrogen-bond acceptors (Lipinski definition) is 5. The highest BCUT2D eigenvalue weighted by Gasteiger charge is 2.15. The Bertz CT molecular complexity index is 750. The predicted molar refractivity (Wildman–Crippen MR) is 110 cm³/mol. The minimum absolute atomic E-state index is 0.0234. The van der Waals surface area contributed by atoms with Gasteiger partial charge in [-0.15, -0.1) is 0 Å². The summed E-state index contributed by atoms with van der Waals surface area (Å²) in [5, 5.41) is 0. The van der Waals surface area contributed by atoms with Crippen LogP contribution >= 0.6 is 0 Å². The molecule has 156 valence electrons. The third-order valence-electron chi connectivity index (χ3n) is 4.34. The Labute approximate surface area is 164 Å². The van der Waals surface area contributed by atoms with Crippen molar-refractivity contribution in [1.82, 2.24) is 4.83 Å². The van der Waals surface area contributed by atoms with E-state index in [0.717, 1.165) is 19.3 Å². The zero-order valence-electron chi connectivity index (χ0n) is 16.1. The van der Waals surface area contributed by atoms with Crippen molar-refractivity contribution in [3.05, 3.63) is 24.3 Å². The van der Waals surface area contributed by atoms with Gasteiger partial charge in [0.2, 0.25) is 10.0 Å². The largest absolute Gasteiger partial charge is 0.284 e. The number of rotatable bonds is 15. The molecule has 0 heterocycles. The fourth-order valence-electron chi connectivity index (χ4n) is 2.80. The van der Waals surface area contributed by atoms with Gasteiger partial charge in [0.15, 0.2) is 0 Å². The van der Waals surface area contributed by atoms with Crippen LogP contribution in [0, 0.1) is 0 Å². The molecule has 0 radical (unpaired) electrons. The monoisotopic (exact) mass is 419 g/mol. The van der Waals surface area contributed by atoms with Crippen molar-refractivity contribution in [2.24, 2.45) is 5.84 Å². The molecule has 1 aromatic rings. The van der Waals surface area contributed by atoms with Gasteiger partial charge in [-0.1, -0.05) is 70.8 Å². The third-order valence-corrected chi connectivity index (χ3v) is 6.90. The highest BCUT2D eigenvalue weighted by molar-refractivity contribution is 7.92. The van der Waals surface area contributed by atoms with Crippen LogP contribution in [0.25, 0.3) is 0 Å². The van der Waals surface area contributed by atoms with E-state index in [4.69, 9.17) is 5.84 Å². The zero-order valence-corrected chi connectivity index (χ0v) is 17.7. The van der Waals surface area contributed by atoms with Crippen LogP contribution in [0.1, 0.15) is 71.1 Å². The van der Waals surface area contributed by atoms with Crippen LogP contribution in [0.4, 0.5) is 5.69 Å². The summed E-state index contributed by atoms with van der Waals surface area (Å²) in [6.07, 6.45) is 11.3. The lowest BCUT2D eigenvalue weighted by Gasteiger charge is -2.09. The predicted octanol–water partition coefficient (Wildman–Crippen LogP) is 3.50. The molecule has 27 heavy (non-hydrogen) atoms. The quantitative estimate of drug-likeness (QED) is 0.228. The first-order chi connectivity index (χ1) is 12.8. The topological polar surface area (TPSA) is 118 Å². The molecule has 9 heteroatoms. The molecule has 1 aromatic carbocycles. The second-order valence-corrected chi connectivity index (χ2v) is 10.3. The summed E-state index contributed by atoms with van der Waals surface area (Å²) in [6, 6.07) is 5.55. The van der Waals surface area contributed by atoms with Crippen LogP contribution in [-0.2, 0) is 20.0 Å². The normalized spacial score (nSPS) is 12.2. The van der Waals surface area contributed by atoms with Gasteiger partial charge in [0.25, 0.3) is 10.0 Å². The van der Waals surface area contributed by atoms with Crippen molar-refractivity contribution < 1.29 is 16.8 Å². The van der Waals surface area contributed by atoms with Gasteiger partial charge in [0.05, 0.1) is 10.6 Å². The van der Waals surface area contributed by atoms with Gasteiger partial charge < -0.3 is 0 Å². The molecule has 1 rings (SSSR count). The Morgan fingerprint density at radius 2 is 1.41 bits per heavy atom. The second kappa shape index (κ2) is 12.3. The Kier molecular flexibility index (Phi) is 10.9. The summed E-state index contributed by atoms with van der Waals surface area (Å²) >= 11 is 0. The third kappa shape index (κ3) is 10.1. The van der Waals surface area contributed by atoms with Crippen molar-refractivity contribution in [2.75, 3.05) is 10.5 Å². The van der Waals surface area contributed by atoms with Gasteiger partial charge in [-0.05, 0) is 24.6 Å². The average molecular weight is 420 g/mol. The van der Waals surface area contributed by atoms with E-state index in [0.29, 0.717) is 6.42 Å². The summed E-state index contributed by atoms with van der Waals surface area (Å²) in [7, 11) is -7.33. The summed E-state index contributed by atoms with van der Waals surface area (Å²) in [5.74, 6) is 5.01. The van der Waals surface area contributed by atoms with E-state index < -0.39 is 20.0 Å². The Hall–Kier alpha value is -1.16. The van der Waals surface area contributed by atoms with Crippen LogP contribution in [-0.4, -0.2) is 22.6 Å². The molecule has 0 fully saturated rings. The minimum atomic E-state index is -3.82. The van der Waals surface area contributed by atoms with E-state index in [-0.39, 0.29) is 16.3 Å². The minimum Gasteiger partial charge on any atom is -0.284 e. The maximum absolute atomic E-state index is 12.2. The van der Waals surface area contributed by atoms with Gasteiger partial charge in [-0.3, -0.25) is 10.6 Å². The number of hydrazine groups is 1. The molecule has 0 aliphatic heterocycles. The molecule has 0 saturated heterocycles. The van der Waals surface area contributed by atoms with Crippen LogP contribution < -0.4 is 15.4 Å². The number of nitrogens with one attached hydrogen (secondary N) is 2. The standard InChI is InChI=1S/C18H33N3O4S2/c1-2-3-4-5-6-7-8-9-10-11-15-26(22,23)20-17-13-12-14-18(16-17)27(24,25)21-19/h12-14,16,20-21H,2-11,15,19H2,1H3. The molecule has 0 amide bonds. The highest BCUT2D eigenvalue weighted by Crippen LogP contribution is 2.17. The Morgan fingerprint density at radius 1 is 0.852 bits per heavy atom. The molecule has 0 aromatic heterocycles. The lowest BCUT2D eigenvalue weighted by molar-refractivity contribution is 0.558. The summed E-state index contributed by atoms with van der Waals surface area (Å²) in [6.45, 7) is 2.21. The second-order valence-electron chi connectivity index (χ2n) is 6.75. The van der Waals surface area contributed by atoms with E-state index in [1.54, 1.807) is 4.83 Å². The van der Waals surface area contributed by atoms with Crippen LogP contribution in [0.5, 0.6) is 0 Å². The van der Waals surface area contributed by atoms with Crippen molar-refractivity contribution in [3.8, 4) is 0 Å². The van der Waals surface area contributed by atoms with E-state index in [9.17, 15) is 16.8 Å². The Balaban J connectivity index is 2.31. The molecule has 0 aliphatic carbocycles. The summed E-state index contributed by atoms with van der Waals surface area (Å²) in [4.78, 5) is 1.62. The van der Waals surface area contributed by atoms with Gasteiger partial charge in [0.1, 0.15) is 0 Å². The van der Waals surface area contributed by atoms with Crippen molar-refractivity contribution in [1.29, 1.82) is 0 Å². The van der Waals surface area contributed by atoms with E-state index in [1.807, 2.05) is 0 Å². The van der Waals surface area contributed by atoms with Crippen LogP contribution in [0.15, 0.2) is 29.2 Å². The molecule has 0 saturated carbocycles. The average Bonchev–Trinajstić information content (AvgIpc) is 2.63. The van der Waals surface area contributed by atoms with Crippen LogP contribution in [0.3, 0.4) is 0 Å². The van der Waals surface area contributed by atoms with Crippen molar-refractivity contribution >= 4 is 25.7 Å². The Morgan fingerprint density at radius 3 is 1.96 bits per heavy atom. The molecular weight excluding hydrogens is 386 g/mol. The number of benzene rings is 1. The number of unbranched alkanes of at least 4 members (excludes halogenated alkanes) is 9. The fourth-order valence-corrected chi connectivity index (χ4v) is 4.65. The molecule has 0 bridgehead atoms. The lowest BCUT2D eigenvalue weighted by Crippen LogP contribution is -2.30. The number of hydrogen-bond donors (Lipinski definition) is 3. The molecule has 0 atom stereocenters. The van der Waals surface area contributed by atoms with E-state index in [2.05, 4.69) is 11.6 Å². The molecule has 4 N–H and O–H groups in total. The summed E-state index contributed by atoms with van der Waals surface area (Å²) < 4.78 is 50.1. The fraction of sp³-hybridized carbons (Fsp3) is 0.667. The zero-order chi connectivity index (χ0) is 20.2. The van der Waals surface area contributed by atoms with Gasteiger partial charge in [0, 0.05) is 5.69 Å². The first-order valence-corrected chi connectivity index (χ1v) is 12.8. The molecule has 7 nitrogen and oxygen atoms in total. The maximum atomic E-state index is 12.2. The number of sulfonamides is 2. The van der Waals surface area contributed by atoms with Crippen molar-refractivity contribution in [2.45, 2.75) is 76.0 Å². The molecule has 0 unspecified atom stereocenters. The first-order valence-electron chi connectivity index (χ1n) is 9.63. The van der Waals surface area contributed by atoms with Crippen LogP contribution in [0.2, 0.25) is 0 Å². The van der Waals surface area contributed by atoms with E-state index >= 15 is 0 Å². The van der Waals surface area contributed by atoms with E-state index in [1.165, 1.54) is 62.8 Å². The highest BCUT2D eigenvalue weighted by atomic mass is 32.2. The number of nitrogens with two attached hydrogens (primary N) is 1. The lowest BCUT2D eigenvalue weighted by atomic mass is 10.1. The molecular formula is C18H33N3O4S2.